The van der Waals surface area contributed by atoms with Crippen molar-refractivity contribution in [1.29, 1.82) is 5.26 Å². The lowest BCUT2D eigenvalue weighted by molar-refractivity contribution is -0.137. The number of aryl methyl sites for hydroxylation is 1. The Morgan fingerprint density at radius 2 is 1.95 bits per heavy atom. The van der Waals surface area contributed by atoms with E-state index >= 15 is 0 Å². The molecule has 0 aliphatic rings. The van der Waals surface area contributed by atoms with E-state index in [4.69, 9.17) is 5.26 Å². The molecule has 20 heavy (non-hydrogen) atoms. The predicted octanol–water partition coefficient (Wildman–Crippen LogP) is 3.83. The molecule has 0 atom stereocenters. The molecule has 3 nitrogen and oxygen atoms in total. The van der Waals surface area contributed by atoms with Crippen molar-refractivity contribution in [3.63, 3.8) is 0 Å². The van der Waals surface area contributed by atoms with E-state index in [9.17, 15) is 13.2 Å². The normalized spacial score (nSPS) is 11.2. The molecule has 0 saturated carbocycles. The first-order chi connectivity index (χ1) is 9.38. The highest BCUT2D eigenvalue weighted by molar-refractivity contribution is 7.99. The Bertz CT molecular complexity index is 660. The molecule has 0 spiro atoms. The van der Waals surface area contributed by atoms with E-state index in [1.807, 2.05) is 6.07 Å². The van der Waals surface area contributed by atoms with E-state index in [0.717, 1.165) is 24.0 Å². The van der Waals surface area contributed by atoms with Crippen molar-refractivity contribution in [2.24, 2.45) is 0 Å². The van der Waals surface area contributed by atoms with Crippen LogP contribution in [0, 0.1) is 18.3 Å². The molecule has 0 aliphatic carbocycles. The smallest absolute Gasteiger partial charge is 0.249 e. The number of hydrogen-bond donors (Lipinski definition) is 0. The van der Waals surface area contributed by atoms with Crippen LogP contribution in [0.25, 0.3) is 0 Å². The fourth-order valence-electron chi connectivity index (χ4n) is 1.47. The Hall–Kier alpha value is -2.07. The Morgan fingerprint density at radius 1 is 1.20 bits per heavy atom. The third-order valence-corrected chi connectivity index (χ3v) is 3.20. The number of halogens is 3. The van der Waals surface area contributed by atoms with Gasteiger partial charge in [0.15, 0.2) is 0 Å². The summed E-state index contributed by atoms with van der Waals surface area (Å²) in [7, 11) is 0. The van der Waals surface area contributed by atoms with Crippen LogP contribution in [0.1, 0.15) is 16.8 Å². The molecule has 0 fully saturated rings. The van der Waals surface area contributed by atoms with Gasteiger partial charge in [-0.05, 0) is 31.2 Å². The van der Waals surface area contributed by atoms with Gasteiger partial charge in [-0.15, -0.1) is 0 Å². The summed E-state index contributed by atoms with van der Waals surface area (Å²) in [4.78, 5) is 7.94. The molecule has 7 heteroatoms. The molecule has 2 aromatic heterocycles. The van der Waals surface area contributed by atoms with Crippen LogP contribution in [0.3, 0.4) is 0 Å². The Balaban J connectivity index is 2.23. The molecule has 2 rings (SSSR count). The lowest BCUT2D eigenvalue weighted by Gasteiger charge is -2.06. The summed E-state index contributed by atoms with van der Waals surface area (Å²) in [6, 6.07) is 7.45. The van der Waals surface area contributed by atoms with Crippen molar-refractivity contribution in [3.8, 4) is 6.07 Å². The molecule has 0 bridgehead atoms. The molecule has 0 aliphatic heterocycles. The average molecular weight is 295 g/mol. The predicted molar refractivity (Wildman–Crippen MR) is 67.1 cm³/mol. The van der Waals surface area contributed by atoms with Gasteiger partial charge in [-0.2, -0.15) is 18.4 Å². The molecular weight excluding hydrogens is 287 g/mol. The van der Waals surface area contributed by atoms with Gasteiger partial charge in [0.2, 0.25) is 0 Å². The van der Waals surface area contributed by atoms with Gasteiger partial charge in [0.1, 0.15) is 10.1 Å². The first-order valence-electron chi connectivity index (χ1n) is 5.48. The number of alkyl halides is 3. The minimum atomic E-state index is -4.40. The second kappa shape index (κ2) is 5.51. The summed E-state index contributed by atoms with van der Waals surface area (Å²) in [5.41, 5.74) is 0.321. The van der Waals surface area contributed by atoms with E-state index in [2.05, 4.69) is 9.97 Å². The topological polar surface area (TPSA) is 49.6 Å². The van der Waals surface area contributed by atoms with Crippen LogP contribution in [-0.4, -0.2) is 9.97 Å². The maximum Gasteiger partial charge on any atom is 0.417 e. The monoisotopic (exact) mass is 295 g/mol. The summed E-state index contributed by atoms with van der Waals surface area (Å²) in [6.45, 7) is 1.74. The van der Waals surface area contributed by atoms with Crippen LogP contribution in [0.15, 0.2) is 40.5 Å². The summed E-state index contributed by atoms with van der Waals surface area (Å²) in [6.07, 6.45) is -3.62. The highest BCUT2D eigenvalue weighted by atomic mass is 32.2. The van der Waals surface area contributed by atoms with Gasteiger partial charge in [0.25, 0.3) is 0 Å². The van der Waals surface area contributed by atoms with Gasteiger partial charge in [-0.1, -0.05) is 11.8 Å². The summed E-state index contributed by atoms with van der Waals surface area (Å²) < 4.78 is 37.2. The van der Waals surface area contributed by atoms with Crippen molar-refractivity contribution in [2.45, 2.75) is 23.2 Å². The van der Waals surface area contributed by atoms with Crippen molar-refractivity contribution in [1.82, 2.24) is 9.97 Å². The average Bonchev–Trinajstić information content (AvgIpc) is 2.37. The van der Waals surface area contributed by atoms with Gasteiger partial charge in [0.05, 0.1) is 17.2 Å². The van der Waals surface area contributed by atoms with Crippen molar-refractivity contribution < 1.29 is 13.2 Å². The molecular formula is C13H8F3N3S. The van der Waals surface area contributed by atoms with Crippen LogP contribution in [-0.2, 0) is 6.18 Å². The first-order valence-corrected chi connectivity index (χ1v) is 6.30. The molecule has 0 unspecified atom stereocenters. The van der Waals surface area contributed by atoms with Crippen LogP contribution >= 0.6 is 11.8 Å². The molecule has 0 aromatic carbocycles. The minimum Gasteiger partial charge on any atom is -0.249 e. The van der Waals surface area contributed by atoms with Gasteiger partial charge in [-0.3, -0.25) is 0 Å². The second-order valence-corrected chi connectivity index (χ2v) is 4.97. The first kappa shape index (κ1) is 14.3. The zero-order valence-electron chi connectivity index (χ0n) is 10.3. The van der Waals surface area contributed by atoms with E-state index < -0.39 is 11.7 Å². The summed E-state index contributed by atoms with van der Waals surface area (Å²) >= 11 is 1.11. The number of aromatic nitrogens is 2. The number of nitriles is 1. The third-order valence-electron chi connectivity index (χ3n) is 2.33. The van der Waals surface area contributed by atoms with Gasteiger partial charge in [0, 0.05) is 11.9 Å². The SMILES string of the molecule is Cc1cc(C#N)cc(Sc2ccc(C(F)(F)F)cn2)n1. The largest absolute Gasteiger partial charge is 0.417 e. The molecule has 2 aromatic rings. The van der Waals surface area contributed by atoms with Gasteiger partial charge in [-0.25, -0.2) is 9.97 Å². The standard InChI is InChI=1S/C13H8F3N3S/c1-8-4-9(6-17)5-12(19-8)20-11-3-2-10(7-18-11)13(14,15)16/h2-5,7H,1H3. The van der Waals surface area contributed by atoms with Crippen LogP contribution in [0.2, 0.25) is 0 Å². The zero-order valence-corrected chi connectivity index (χ0v) is 11.1. The highest BCUT2D eigenvalue weighted by Gasteiger charge is 2.30. The maximum atomic E-state index is 12.4. The zero-order chi connectivity index (χ0) is 14.8. The Morgan fingerprint density at radius 3 is 2.50 bits per heavy atom. The van der Waals surface area contributed by atoms with Gasteiger partial charge < -0.3 is 0 Å². The quantitative estimate of drug-likeness (QED) is 0.845. The van der Waals surface area contributed by atoms with Crippen molar-refractivity contribution >= 4 is 11.8 Å². The molecule has 0 radical (unpaired) electrons. The molecule has 0 saturated heterocycles. The van der Waals surface area contributed by atoms with Gasteiger partial charge >= 0.3 is 6.18 Å². The second-order valence-electron chi connectivity index (χ2n) is 3.93. The van der Waals surface area contributed by atoms with Crippen LogP contribution in [0.5, 0.6) is 0 Å². The Labute approximate surface area is 117 Å². The number of nitrogens with zero attached hydrogens (tertiary/aromatic N) is 3. The fraction of sp³-hybridized carbons (Fsp3) is 0.154. The molecule has 0 N–H and O–H groups in total. The van der Waals surface area contributed by atoms with E-state index in [0.29, 0.717) is 21.3 Å². The molecule has 102 valence electrons. The molecule has 0 amide bonds. The highest BCUT2D eigenvalue weighted by Crippen LogP contribution is 2.31. The van der Waals surface area contributed by atoms with Crippen molar-refractivity contribution in [3.05, 3.63) is 47.3 Å². The third kappa shape index (κ3) is 3.48. The minimum absolute atomic E-state index is 0.389. The summed E-state index contributed by atoms with van der Waals surface area (Å²) in [5, 5.41) is 9.76. The number of pyridine rings is 2. The van der Waals surface area contributed by atoms with E-state index in [1.165, 1.54) is 6.07 Å². The summed E-state index contributed by atoms with van der Waals surface area (Å²) in [5.74, 6) is 0. The fourth-order valence-corrected chi connectivity index (χ4v) is 2.30. The maximum absolute atomic E-state index is 12.4. The van der Waals surface area contributed by atoms with Crippen molar-refractivity contribution in [2.75, 3.05) is 0 Å². The lowest BCUT2D eigenvalue weighted by Crippen LogP contribution is -2.05. The van der Waals surface area contributed by atoms with Crippen LogP contribution in [0.4, 0.5) is 13.2 Å². The number of hydrogen-bond acceptors (Lipinski definition) is 4. The Kier molecular flexibility index (Phi) is 3.95. The lowest BCUT2D eigenvalue weighted by atomic mass is 10.2. The van der Waals surface area contributed by atoms with E-state index in [1.54, 1.807) is 19.1 Å². The van der Waals surface area contributed by atoms with Crippen LogP contribution < -0.4 is 0 Å². The van der Waals surface area contributed by atoms with E-state index in [-0.39, 0.29) is 0 Å². The number of rotatable bonds is 2. The molecule has 2 heterocycles.